The lowest BCUT2D eigenvalue weighted by molar-refractivity contribution is -0.134. The molecule has 2 atom stereocenters. The number of carbonyl (C=O) groups excluding carboxylic acids is 1. The van der Waals surface area contributed by atoms with Crippen molar-refractivity contribution >= 4 is 5.91 Å². The van der Waals surface area contributed by atoms with Crippen molar-refractivity contribution in [1.29, 1.82) is 0 Å². The third kappa shape index (κ3) is 1.57. The fourth-order valence-electron chi connectivity index (χ4n) is 2.58. The molecule has 0 aromatic heterocycles. The van der Waals surface area contributed by atoms with Crippen molar-refractivity contribution in [2.24, 2.45) is 0 Å². The molecule has 2 aliphatic rings. The van der Waals surface area contributed by atoms with Crippen LogP contribution < -0.4 is 5.32 Å². The molecule has 1 N–H and O–H groups in total. The number of carbonyl (C=O) groups is 1. The Morgan fingerprint density at radius 3 is 3.15 bits per heavy atom. The van der Waals surface area contributed by atoms with Crippen LogP contribution in [-0.4, -0.2) is 36.0 Å². The molecule has 3 heteroatoms. The molecular formula is C10H18N2O. The second kappa shape index (κ2) is 3.66. The molecule has 3 nitrogen and oxygen atoms in total. The van der Waals surface area contributed by atoms with Crippen LogP contribution >= 0.6 is 0 Å². The molecule has 0 bridgehead atoms. The maximum Gasteiger partial charge on any atom is 0.222 e. The van der Waals surface area contributed by atoms with E-state index in [9.17, 15) is 4.79 Å². The van der Waals surface area contributed by atoms with Crippen molar-refractivity contribution in [3.8, 4) is 0 Å². The minimum Gasteiger partial charge on any atom is -0.338 e. The highest BCUT2D eigenvalue weighted by Gasteiger charge is 2.36. The Bertz CT molecular complexity index is 205. The number of rotatable bonds is 1. The summed E-state index contributed by atoms with van der Waals surface area (Å²) in [6, 6.07) is 1.09. The van der Waals surface area contributed by atoms with Gasteiger partial charge in [-0.05, 0) is 25.8 Å². The summed E-state index contributed by atoms with van der Waals surface area (Å²) in [5.74, 6) is 0.332. The minimum absolute atomic E-state index is 0.332. The van der Waals surface area contributed by atoms with E-state index in [4.69, 9.17) is 0 Å². The van der Waals surface area contributed by atoms with Crippen LogP contribution in [0.2, 0.25) is 0 Å². The number of nitrogens with one attached hydrogen (secondary N) is 1. The summed E-state index contributed by atoms with van der Waals surface area (Å²) in [7, 11) is 0. The number of fused-ring (bicyclic) bond motifs is 1. The Labute approximate surface area is 79.5 Å². The van der Waals surface area contributed by atoms with Gasteiger partial charge in [-0.25, -0.2) is 0 Å². The maximum atomic E-state index is 11.6. The molecule has 2 saturated heterocycles. The largest absolute Gasteiger partial charge is 0.338 e. The van der Waals surface area contributed by atoms with Gasteiger partial charge in [0.05, 0.1) is 0 Å². The zero-order chi connectivity index (χ0) is 9.26. The highest BCUT2D eigenvalue weighted by atomic mass is 16.2. The Morgan fingerprint density at radius 2 is 2.38 bits per heavy atom. The molecule has 2 aliphatic heterocycles. The Morgan fingerprint density at radius 1 is 1.54 bits per heavy atom. The quantitative estimate of drug-likeness (QED) is 0.649. The summed E-state index contributed by atoms with van der Waals surface area (Å²) in [5.41, 5.74) is 0. The van der Waals surface area contributed by atoms with Crippen LogP contribution in [0.25, 0.3) is 0 Å². The van der Waals surface area contributed by atoms with Gasteiger partial charge in [-0.3, -0.25) is 4.79 Å². The predicted molar refractivity (Wildman–Crippen MR) is 51.4 cm³/mol. The molecule has 2 rings (SSSR count). The van der Waals surface area contributed by atoms with E-state index in [1.165, 1.54) is 12.8 Å². The van der Waals surface area contributed by atoms with Crippen molar-refractivity contribution in [3.63, 3.8) is 0 Å². The van der Waals surface area contributed by atoms with E-state index in [0.29, 0.717) is 24.4 Å². The van der Waals surface area contributed by atoms with E-state index in [2.05, 4.69) is 10.2 Å². The van der Waals surface area contributed by atoms with Crippen LogP contribution in [-0.2, 0) is 4.79 Å². The van der Waals surface area contributed by atoms with Crippen LogP contribution in [0.15, 0.2) is 0 Å². The summed E-state index contributed by atoms with van der Waals surface area (Å²) in [6.45, 7) is 4.02. The van der Waals surface area contributed by atoms with Gasteiger partial charge in [0.1, 0.15) is 0 Å². The van der Waals surface area contributed by atoms with Crippen molar-refractivity contribution < 1.29 is 4.79 Å². The molecular weight excluding hydrogens is 164 g/mol. The average Bonchev–Trinajstić information content (AvgIpc) is 2.63. The van der Waals surface area contributed by atoms with Crippen LogP contribution in [0, 0.1) is 0 Å². The van der Waals surface area contributed by atoms with Gasteiger partial charge in [0.15, 0.2) is 0 Å². The van der Waals surface area contributed by atoms with Gasteiger partial charge in [0.2, 0.25) is 5.91 Å². The first kappa shape index (κ1) is 9.00. The van der Waals surface area contributed by atoms with Crippen molar-refractivity contribution in [1.82, 2.24) is 10.2 Å². The average molecular weight is 182 g/mol. The fourth-order valence-corrected chi connectivity index (χ4v) is 2.58. The van der Waals surface area contributed by atoms with Crippen molar-refractivity contribution in [3.05, 3.63) is 0 Å². The first-order chi connectivity index (χ1) is 6.33. The molecule has 2 fully saturated rings. The Hall–Kier alpha value is -0.570. The Kier molecular flexibility index (Phi) is 2.54. The van der Waals surface area contributed by atoms with E-state index in [-0.39, 0.29) is 0 Å². The topological polar surface area (TPSA) is 32.3 Å². The second-order valence-corrected chi connectivity index (χ2v) is 4.00. The lowest BCUT2D eigenvalue weighted by Crippen LogP contribution is -2.50. The second-order valence-electron chi connectivity index (χ2n) is 4.00. The van der Waals surface area contributed by atoms with Crippen molar-refractivity contribution in [2.75, 3.05) is 13.1 Å². The van der Waals surface area contributed by atoms with Crippen LogP contribution in [0.3, 0.4) is 0 Å². The summed E-state index contributed by atoms with van der Waals surface area (Å²) >= 11 is 0. The predicted octanol–water partition coefficient (Wildman–Crippen LogP) is 0.749. The first-order valence-corrected chi connectivity index (χ1v) is 5.35. The van der Waals surface area contributed by atoms with Crippen LogP contribution in [0.4, 0.5) is 0 Å². The van der Waals surface area contributed by atoms with Crippen molar-refractivity contribution in [2.45, 2.75) is 44.7 Å². The Balaban J connectivity index is 2.05. The summed E-state index contributed by atoms with van der Waals surface area (Å²) < 4.78 is 0. The first-order valence-electron chi connectivity index (χ1n) is 5.35. The lowest BCUT2D eigenvalue weighted by Gasteiger charge is -2.37. The molecule has 2 heterocycles. The van der Waals surface area contributed by atoms with Gasteiger partial charge in [0, 0.05) is 25.0 Å². The number of amides is 1. The van der Waals surface area contributed by atoms with Gasteiger partial charge >= 0.3 is 0 Å². The third-order valence-electron chi connectivity index (χ3n) is 3.25. The maximum absolute atomic E-state index is 11.6. The van der Waals surface area contributed by atoms with Gasteiger partial charge in [-0.1, -0.05) is 6.92 Å². The highest BCUT2D eigenvalue weighted by Crippen LogP contribution is 2.24. The minimum atomic E-state index is 0.332. The van der Waals surface area contributed by atoms with E-state index >= 15 is 0 Å². The molecule has 0 radical (unpaired) electrons. The molecule has 2 unspecified atom stereocenters. The molecule has 74 valence electrons. The van der Waals surface area contributed by atoms with Crippen LogP contribution in [0.1, 0.15) is 32.6 Å². The number of likely N-dealkylation sites (tertiary alicyclic amines) is 1. The van der Waals surface area contributed by atoms with Gasteiger partial charge in [-0.15, -0.1) is 0 Å². The van der Waals surface area contributed by atoms with E-state index in [0.717, 1.165) is 19.5 Å². The monoisotopic (exact) mass is 182 g/mol. The standard InChI is InChI=1S/C10H18N2O/c1-2-10(13)12-7-3-4-8-9(12)5-6-11-8/h8-9,11H,2-7H2,1H3. The molecule has 13 heavy (non-hydrogen) atoms. The molecule has 0 aromatic carbocycles. The summed E-state index contributed by atoms with van der Waals surface area (Å²) in [6.07, 6.45) is 4.22. The van der Waals surface area contributed by atoms with Gasteiger partial charge in [-0.2, -0.15) is 0 Å². The SMILES string of the molecule is CCC(=O)N1CCCC2NCCC21. The highest BCUT2D eigenvalue weighted by molar-refractivity contribution is 5.76. The van der Waals surface area contributed by atoms with Crippen LogP contribution in [0.5, 0.6) is 0 Å². The number of hydrogen-bond acceptors (Lipinski definition) is 2. The molecule has 0 spiro atoms. The van der Waals surface area contributed by atoms with Gasteiger partial charge < -0.3 is 10.2 Å². The number of nitrogens with zero attached hydrogens (tertiary/aromatic N) is 1. The third-order valence-corrected chi connectivity index (χ3v) is 3.25. The summed E-state index contributed by atoms with van der Waals surface area (Å²) in [5, 5.41) is 3.47. The number of piperidine rings is 1. The summed E-state index contributed by atoms with van der Waals surface area (Å²) in [4.78, 5) is 13.7. The lowest BCUT2D eigenvalue weighted by atomic mass is 9.97. The van der Waals surface area contributed by atoms with E-state index in [1.54, 1.807) is 0 Å². The van der Waals surface area contributed by atoms with E-state index < -0.39 is 0 Å². The zero-order valence-electron chi connectivity index (χ0n) is 8.25. The molecule has 0 aromatic rings. The number of hydrogen-bond donors (Lipinski definition) is 1. The normalized spacial score (nSPS) is 33.2. The fraction of sp³-hybridized carbons (Fsp3) is 0.900. The zero-order valence-corrected chi connectivity index (χ0v) is 8.25. The van der Waals surface area contributed by atoms with Gasteiger partial charge in [0.25, 0.3) is 0 Å². The molecule has 1 amide bonds. The van der Waals surface area contributed by atoms with E-state index in [1.807, 2.05) is 6.92 Å². The smallest absolute Gasteiger partial charge is 0.222 e. The molecule has 0 saturated carbocycles. The molecule has 0 aliphatic carbocycles.